The van der Waals surface area contributed by atoms with Crippen molar-refractivity contribution in [2.75, 3.05) is 18.9 Å². The van der Waals surface area contributed by atoms with Gasteiger partial charge in [0, 0.05) is 31.1 Å². The Labute approximate surface area is 123 Å². The third-order valence-electron chi connectivity index (χ3n) is 2.74. The predicted octanol–water partition coefficient (Wildman–Crippen LogP) is 2.01. The number of rotatable bonds is 6. The first-order chi connectivity index (χ1) is 9.53. The van der Waals surface area contributed by atoms with Crippen LogP contribution in [0, 0.1) is 6.92 Å². The summed E-state index contributed by atoms with van der Waals surface area (Å²) in [6.45, 7) is 2.26. The van der Waals surface area contributed by atoms with E-state index in [1.54, 1.807) is 42.6 Å². The fourth-order valence-electron chi connectivity index (χ4n) is 1.80. The van der Waals surface area contributed by atoms with Crippen molar-refractivity contribution in [2.45, 2.75) is 18.2 Å². The molecule has 0 aliphatic rings. The first-order valence-electron chi connectivity index (χ1n) is 6.20. The molecule has 2 rings (SSSR count). The zero-order valence-corrected chi connectivity index (χ0v) is 13.0. The molecule has 20 heavy (non-hydrogen) atoms. The second-order valence-corrected chi connectivity index (χ2v) is 6.95. The van der Waals surface area contributed by atoms with E-state index in [0.29, 0.717) is 18.7 Å². The molecule has 2 aromatic rings. The SMILES string of the molecule is CNc1ccccc1S(=O)(=O)NCCc1nc(C)cs1. The molecular weight excluding hydrogens is 294 g/mol. The average Bonchev–Trinajstić information content (AvgIpc) is 2.84. The lowest BCUT2D eigenvalue weighted by molar-refractivity contribution is 0.582. The summed E-state index contributed by atoms with van der Waals surface area (Å²) in [6, 6.07) is 6.82. The zero-order valence-electron chi connectivity index (χ0n) is 11.4. The molecule has 0 bridgehead atoms. The van der Waals surface area contributed by atoms with Crippen LogP contribution < -0.4 is 10.0 Å². The van der Waals surface area contributed by atoms with Crippen molar-refractivity contribution in [3.63, 3.8) is 0 Å². The third kappa shape index (κ3) is 3.56. The van der Waals surface area contributed by atoms with E-state index in [1.165, 1.54) is 0 Å². The summed E-state index contributed by atoms with van der Waals surface area (Å²) in [6.07, 6.45) is 0.597. The molecule has 0 radical (unpaired) electrons. The molecule has 0 spiro atoms. The summed E-state index contributed by atoms with van der Waals surface area (Å²) < 4.78 is 27.1. The average molecular weight is 311 g/mol. The number of hydrogen-bond donors (Lipinski definition) is 2. The number of sulfonamides is 1. The van der Waals surface area contributed by atoms with Gasteiger partial charge in [0.1, 0.15) is 4.90 Å². The first kappa shape index (κ1) is 15.0. The fraction of sp³-hybridized carbons (Fsp3) is 0.308. The molecule has 2 N–H and O–H groups in total. The molecule has 1 heterocycles. The highest BCUT2D eigenvalue weighted by Crippen LogP contribution is 2.19. The van der Waals surface area contributed by atoms with E-state index < -0.39 is 10.0 Å². The van der Waals surface area contributed by atoms with Gasteiger partial charge in [-0.05, 0) is 19.1 Å². The van der Waals surface area contributed by atoms with Crippen LogP contribution in [0.15, 0.2) is 34.5 Å². The summed E-state index contributed by atoms with van der Waals surface area (Å²) >= 11 is 1.55. The Kier molecular flexibility index (Phi) is 4.74. The molecule has 0 atom stereocenters. The number of para-hydroxylation sites is 1. The van der Waals surface area contributed by atoms with Gasteiger partial charge in [-0.2, -0.15) is 0 Å². The first-order valence-corrected chi connectivity index (χ1v) is 8.56. The van der Waals surface area contributed by atoms with Crippen LogP contribution in [0.2, 0.25) is 0 Å². The summed E-state index contributed by atoms with van der Waals surface area (Å²) in [4.78, 5) is 4.57. The minimum absolute atomic E-state index is 0.262. The Morgan fingerprint density at radius 3 is 2.70 bits per heavy atom. The third-order valence-corrected chi connectivity index (χ3v) is 5.29. The highest BCUT2D eigenvalue weighted by atomic mass is 32.2. The van der Waals surface area contributed by atoms with Gasteiger partial charge in [0.05, 0.1) is 10.7 Å². The lowest BCUT2D eigenvalue weighted by Crippen LogP contribution is -2.26. The van der Waals surface area contributed by atoms with E-state index in [4.69, 9.17) is 0 Å². The number of anilines is 1. The van der Waals surface area contributed by atoms with Gasteiger partial charge in [-0.15, -0.1) is 11.3 Å². The van der Waals surface area contributed by atoms with Gasteiger partial charge in [0.15, 0.2) is 0 Å². The molecule has 1 aromatic heterocycles. The van der Waals surface area contributed by atoms with Crippen LogP contribution in [-0.4, -0.2) is 27.0 Å². The zero-order chi connectivity index (χ0) is 14.6. The van der Waals surface area contributed by atoms with E-state index in [2.05, 4.69) is 15.0 Å². The minimum atomic E-state index is -3.50. The number of aromatic nitrogens is 1. The van der Waals surface area contributed by atoms with Crippen molar-refractivity contribution in [1.82, 2.24) is 9.71 Å². The number of thiazole rings is 1. The monoisotopic (exact) mass is 311 g/mol. The van der Waals surface area contributed by atoms with Gasteiger partial charge in [0.2, 0.25) is 10.0 Å². The smallest absolute Gasteiger partial charge is 0.242 e. The maximum Gasteiger partial charge on any atom is 0.242 e. The second kappa shape index (κ2) is 6.34. The maximum atomic E-state index is 12.2. The standard InChI is InChI=1S/C13H17N3O2S2/c1-10-9-19-13(16-10)7-8-15-20(17,18)12-6-4-3-5-11(12)14-2/h3-6,9,14-15H,7-8H2,1-2H3. The Balaban J connectivity index is 2.04. The number of nitrogens with zero attached hydrogens (tertiary/aromatic N) is 1. The summed E-state index contributed by atoms with van der Waals surface area (Å²) in [7, 11) is -1.80. The number of aryl methyl sites for hydroxylation is 1. The van der Waals surface area contributed by atoms with Crippen LogP contribution in [0.1, 0.15) is 10.7 Å². The molecule has 7 heteroatoms. The molecule has 1 aromatic carbocycles. The van der Waals surface area contributed by atoms with Crippen LogP contribution in [0.5, 0.6) is 0 Å². The molecule has 0 saturated heterocycles. The van der Waals surface area contributed by atoms with Crippen LogP contribution in [0.3, 0.4) is 0 Å². The van der Waals surface area contributed by atoms with Gasteiger partial charge in [-0.1, -0.05) is 12.1 Å². The van der Waals surface area contributed by atoms with Crippen molar-refractivity contribution >= 4 is 27.0 Å². The van der Waals surface area contributed by atoms with Crippen molar-refractivity contribution in [3.8, 4) is 0 Å². The van der Waals surface area contributed by atoms with E-state index >= 15 is 0 Å². The summed E-state index contributed by atoms with van der Waals surface area (Å²) in [5.74, 6) is 0. The maximum absolute atomic E-state index is 12.2. The molecule has 5 nitrogen and oxygen atoms in total. The van der Waals surface area contributed by atoms with Gasteiger partial charge < -0.3 is 5.32 Å². The van der Waals surface area contributed by atoms with Gasteiger partial charge in [0.25, 0.3) is 0 Å². The number of benzene rings is 1. The molecule has 0 unspecified atom stereocenters. The van der Waals surface area contributed by atoms with Crippen molar-refractivity contribution in [2.24, 2.45) is 0 Å². The lowest BCUT2D eigenvalue weighted by atomic mass is 10.3. The fourth-order valence-corrected chi connectivity index (χ4v) is 3.81. The summed E-state index contributed by atoms with van der Waals surface area (Å²) in [5.41, 5.74) is 1.55. The minimum Gasteiger partial charge on any atom is -0.387 e. The van der Waals surface area contributed by atoms with Crippen LogP contribution in [-0.2, 0) is 16.4 Å². The molecular formula is C13H17N3O2S2. The van der Waals surface area contributed by atoms with Crippen LogP contribution >= 0.6 is 11.3 Å². The van der Waals surface area contributed by atoms with Crippen molar-refractivity contribution in [3.05, 3.63) is 40.3 Å². The molecule has 0 amide bonds. The van der Waals surface area contributed by atoms with Gasteiger partial charge in [-0.3, -0.25) is 0 Å². The van der Waals surface area contributed by atoms with Gasteiger partial charge in [-0.25, -0.2) is 18.1 Å². The summed E-state index contributed by atoms with van der Waals surface area (Å²) in [5, 5.41) is 5.78. The highest BCUT2D eigenvalue weighted by molar-refractivity contribution is 7.89. The van der Waals surface area contributed by atoms with E-state index in [0.717, 1.165) is 10.7 Å². The van der Waals surface area contributed by atoms with E-state index in [9.17, 15) is 8.42 Å². The molecule has 0 saturated carbocycles. The predicted molar refractivity (Wildman–Crippen MR) is 81.7 cm³/mol. The quantitative estimate of drug-likeness (QED) is 0.856. The van der Waals surface area contributed by atoms with Gasteiger partial charge >= 0.3 is 0 Å². The van der Waals surface area contributed by atoms with Crippen molar-refractivity contribution < 1.29 is 8.42 Å². The Bertz CT molecular complexity index is 680. The number of nitrogens with one attached hydrogen (secondary N) is 2. The van der Waals surface area contributed by atoms with E-state index in [1.807, 2.05) is 12.3 Å². The Hall–Kier alpha value is -1.44. The van der Waals surface area contributed by atoms with Crippen LogP contribution in [0.25, 0.3) is 0 Å². The van der Waals surface area contributed by atoms with E-state index in [-0.39, 0.29) is 4.90 Å². The highest BCUT2D eigenvalue weighted by Gasteiger charge is 2.17. The van der Waals surface area contributed by atoms with Crippen LogP contribution in [0.4, 0.5) is 5.69 Å². The molecule has 0 fully saturated rings. The molecule has 108 valence electrons. The largest absolute Gasteiger partial charge is 0.387 e. The Morgan fingerprint density at radius 2 is 2.05 bits per heavy atom. The number of hydrogen-bond acceptors (Lipinski definition) is 5. The Morgan fingerprint density at radius 1 is 1.30 bits per heavy atom. The second-order valence-electron chi connectivity index (χ2n) is 4.28. The normalized spacial score (nSPS) is 11.5. The molecule has 0 aliphatic carbocycles. The lowest BCUT2D eigenvalue weighted by Gasteiger charge is -2.10. The van der Waals surface area contributed by atoms with Crippen molar-refractivity contribution in [1.29, 1.82) is 0 Å². The topological polar surface area (TPSA) is 71.1 Å². The molecule has 0 aliphatic heterocycles.